The highest BCUT2D eigenvalue weighted by Gasteiger charge is 2.15. The van der Waals surface area contributed by atoms with Crippen LogP contribution in [-0.2, 0) is 13.2 Å². The van der Waals surface area contributed by atoms with Crippen LogP contribution in [0.2, 0.25) is 20.1 Å². The molecule has 0 aliphatic rings. The van der Waals surface area contributed by atoms with Gasteiger partial charge in [-0.2, -0.15) is 0 Å². The van der Waals surface area contributed by atoms with Crippen molar-refractivity contribution in [3.8, 4) is 11.5 Å². The molecule has 0 unspecified atom stereocenters. The number of anilines is 1. The molecule has 0 saturated heterocycles. The molecule has 3 aromatic carbocycles. The first-order valence-corrected chi connectivity index (χ1v) is 10.6. The van der Waals surface area contributed by atoms with Crippen LogP contribution in [0.5, 0.6) is 11.5 Å². The van der Waals surface area contributed by atoms with E-state index in [2.05, 4.69) is 5.32 Å². The van der Waals surface area contributed by atoms with Gasteiger partial charge in [0.25, 0.3) is 0 Å². The third-order valence-electron chi connectivity index (χ3n) is 4.15. The van der Waals surface area contributed by atoms with Crippen molar-refractivity contribution in [2.45, 2.75) is 20.1 Å². The molecule has 0 amide bonds. The lowest BCUT2D eigenvalue weighted by molar-refractivity contribution is 0.266. The van der Waals surface area contributed by atoms with E-state index in [1.165, 1.54) is 12.1 Å². The van der Waals surface area contributed by atoms with Gasteiger partial charge in [-0.15, -0.1) is 0 Å². The van der Waals surface area contributed by atoms with E-state index >= 15 is 0 Å². The second-order valence-electron chi connectivity index (χ2n) is 6.34. The summed E-state index contributed by atoms with van der Waals surface area (Å²) in [7, 11) is 0. The van der Waals surface area contributed by atoms with E-state index in [0.29, 0.717) is 39.7 Å². The number of rotatable bonds is 8. The molecule has 0 heterocycles. The van der Waals surface area contributed by atoms with Crippen molar-refractivity contribution in [1.82, 2.24) is 0 Å². The second-order valence-corrected chi connectivity index (χ2v) is 8.03. The van der Waals surface area contributed by atoms with Crippen LogP contribution in [0.1, 0.15) is 18.1 Å². The summed E-state index contributed by atoms with van der Waals surface area (Å²) in [5.41, 5.74) is 1.88. The lowest BCUT2D eigenvalue weighted by atomic mass is 10.2. The molecular formula is C22H18Cl4FNO2. The topological polar surface area (TPSA) is 30.5 Å². The number of ether oxygens (including phenoxy) is 2. The number of halogens is 5. The molecule has 30 heavy (non-hydrogen) atoms. The number of benzene rings is 3. The third-order valence-corrected chi connectivity index (χ3v) is 5.22. The average molecular weight is 489 g/mol. The molecule has 3 nitrogen and oxygen atoms in total. The smallest absolute Gasteiger partial charge is 0.180 e. The van der Waals surface area contributed by atoms with Gasteiger partial charge in [0.05, 0.1) is 16.7 Å². The van der Waals surface area contributed by atoms with Gasteiger partial charge in [0.2, 0.25) is 0 Å². The molecule has 1 N–H and O–H groups in total. The van der Waals surface area contributed by atoms with E-state index in [1.807, 2.05) is 13.0 Å². The Labute approximate surface area is 194 Å². The molecule has 0 spiro atoms. The highest BCUT2D eigenvalue weighted by Crippen LogP contribution is 2.38. The van der Waals surface area contributed by atoms with Crippen molar-refractivity contribution < 1.29 is 13.9 Å². The van der Waals surface area contributed by atoms with Gasteiger partial charge < -0.3 is 14.8 Å². The summed E-state index contributed by atoms with van der Waals surface area (Å²) in [6, 6.07) is 13.2. The van der Waals surface area contributed by atoms with Crippen LogP contribution >= 0.6 is 46.4 Å². The first kappa shape index (κ1) is 22.8. The lowest BCUT2D eigenvalue weighted by Gasteiger charge is -2.16. The molecule has 8 heteroatoms. The summed E-state index contributed by atoms with van der Waals surface area (Å²) in [5.74, 6) is 0.336. The van der Waals surface area contributed by atoms with Crippen LogP contribution in [0, 0.1) is 5.82 Å². The highest BCUT2D eigenvalue weighted by atomic mass is 35.5. The molecular weight excluding hydrogens is 471 g/mol. The summed E-state index contributed by atoms with van der Waals surface area (Å²) in [4.78, 5) is 0. The summed E-state index contributed by atoms with van der Waals surface area (Å²) in [6.07, 6.45) is 0. The molecule has 0 fully saturated rings. The first-order valence-electron chi connectivity index (χ1n) is 9.08. The Bertz CT molecular complexity index is 1010. The van der Waals surface area contributed by atoms with Crippen LogP contribution in [0.25, 0.3) is 0 Å². The summed E-state index contributed by atoms with van der Waals surface area (Å²) in [5, 5.41) is 4.94. The van der Waals surface area contributed by atoms with Crippen LogP contribution in [0.15, 0.2) is 48.5 Å². The zero-order valence-corrected chi connectivity index (χ0v) is 19.0. The van der Waals surface area contributed by atoms with Gasteiger partial charge >= 0.3 is 0 Å². The molecule has 3 aromatic rings. The van der Waals surface area contributed by atoms with Crippen molar-refractivity contribution in [1.29, 1.82) is 0 Å². The van der Waals surface area contributed by atoms with E-state index in [4.69, 9.17) is 55.9 Å². The van der Waals surface area contributed by atoms with Crippen LogP contribution < -0.4 is 14.8 Å². The van der Waals surface area contributed by atoms with Crippen molar-refractivity contribution >= 4 is 52.1 Å². The Morgan fingerprint density at radius 3 is 2.30 bits per heavy atom. The monoisotopic (exact) mass is 487 g/mol. The van der Waals surface area contributed by atoms with Crippen molar-refractivity contribution in [3.63, 3.8) is 0 Å². The fourth-order valence-electron chi connectivity index (χ4n) is 2.80. The molecule has 158 valence electrons. The van der Waals surface area contributed by atoms with Crippen LogP contribution in [-0.4, -0.2) is 6.61 Å². The maximum absolute atomic E-state index is 14.0. The average Bonchev–Trinajstić information content (AvgIpc) is 2.67. The Morgan fingerprint density at radius 1 is 0.900 bits per heavy atom. The van der Waals surface area contributed by atoms with Gasteiger partial charge in [-0.3, -0.25) is 0 Å². The predicted octanol–water partition coefficient (Wildman–Crippen LogP) is 8.03. The zero-order valence-electron chi connectivity index (χ0n) is 15.9. The molecule has 0 bridgehead atoms. The SMILES string of the molecule is CCOc1cc(CNc2cc(Cl)cc(Cl)c2)cc(Cl)c1OCc1c(F)cccc1Cl. The quantitative estimate of drug-likeness (QED) is 0.348. The predicted molar refractivity (Wildman–Crippen MR) is 122 cm³/mol. The van der Waals surface area contributed by atoms with E-state index < -0.39 is 5.82 Å². The van der Waals surface area contributed by atoms with E-state index in [0.717, 1.165) is 11.3 Å². The number of nitrogens with one attached hydrogen (secondary N) is 1. The summed E-state index contributed by atoms with van der Waals surface area (Å²) >= 11 is 24.6. The Balaban J connectivity index is 1.79. The fraction of sp³-hybridized carbons (Fsp3) is 0.182. The van der Waals surface area contributed by atoms with Gasteiger partial charge in [0.1, 0.15) is 12.4 Å². The van der Waals surface area contributed by atoms with Crippen molar-refractivity contribution in [2.75, 3.05) is 11.9 Å². The van der Waals surface area contributed by atoms with Gasteiger partial charge in [-0.25, -0.2) is 4.39 Å². The van der Waals surface area contributed by atoms with Gasteiger partial charge in [-0.05, 0) is 55.0 Å². The van der Waals surface area contributed by atoms with E-state index in [9.17, 15) is 4.39 Å². The second kappa shape index (κ2) is 10.5. The van der Waals surface area contributed by atoms with Gasteiger partial charge in [-0.1, -0.05) is 52.5 Å². The Hall–Kier alpha value is -1.85. The maximum atomic E-state index is 14.0. The summed E-state index contributed by atoms with van der Waals surface area (Å²) in [6.45, 7) is 2.64. The molecule has 0 aromatic heterocycles. The minimum Gasteiger partial charge on any atom is -0.490 e. The standard InChI is InChI=1S/C22H18Cl4FNO2/c1-2-29-21-7-13(11-28-16-9-14(23)8-15(24)10-16)6-19(26)22(21)30-12-17-18(25)4-3-5-20(17)27/h3-10,28H,2,11-12H2,1H3. The molecule has 0 saturated carbocycles. The normalized spacial score (nSPS) is 10.7. The van der Waals surface area contributed by atoms with Crippen LogP contribution in [0.3, 0.4) is 0 Å². The number of hydrogen-bond donors (Lipinski definition) is 1. The highest BCUT2D eigenvalue weighted by molar-refractivity contribution is 6.35. The molecule has 0 atom stereocenters. The van der Waals surface area contributed by atoms with E-state index in [-0.39, 0.29) is 17.2 Å². The van der Waals surface area contributed by atoms with Crippen molar-refractivity contribution in [2.24, 2.45) is 0 Å². The van der Waals surface area contributed by atoms with Gasteiger partial charge in [0.15, 0.2) is 11.5 Å². The first-order chi connectivity index (χ1) is 14.4. The molecule has 3 rings (SSSR count). The molecule has 0 aliphatic carbocycles. The maximum Gasteiger partial charge on any atom is 0.180 e. The Kier molecular flexibility index (Phi) is 7.95. The molecule has 0 radical (unpaired) electrons. The largest absolute Gasteiger partial charge is 0.490 e. The fourth-order valence-corrected chi connectivity index (χ4v) is 3.83. The zero-order chi connectivity index (χ0) is 21.7. The minimum atomic E-state index is -0.447. The van der Waals surface area contributed by atoms with Crippen molar-refractivity contribution in [3.05, 3.63) is 85.6 Å². The van der Waals surface area contributed by atoms with Crippen LogP contribution in [0.4, 0.5) is 10.1 Å². The lowest BCUT2D eigenvalue weighted by Crippen LogP contribution is -2.05. The Morgan fingerprint density at radius 2 is 1.63 bits per heavy atom. The van der Waals surface area contributed by atoms with E-state index in [1.54, 1.807) is 30.3 Å². The minimum absolute atomic E-state index is 0.0795. The number of hydrogen-bond acceptors (Lipinski definition) is 3. The molecule has 0 aliphatic heterocycles. The third kappa shape index (κ3) is 5.86. The van der Waals surface area contributed by atoms with Gasteiger partial charge in [0, 0.05) is 27.8 Å². The summed E-state index contributed by atoms with van der Waals surface area (Å²) < 4.78 is 25.5.